The first-order chi connectivity index (χ1) is 16.1. The second-order valence-electron chi connectivity index (χ2n) is 8.64. The Morgan fingerprint density at radius 3 is 2.55 bits per heavy atom. The highest BCUT2D eigenvalue weighted by Crippen LogP contribution is 2.30. The lowest BCUT2D eigenvalue weighted by atomic mass is 10.1. The number of nitrogens with one attached hydrogen (secondary N) is 1. The number of hydrogen-bond donors (Lipinski definition) is 1. The van der Waals surface area contributed by atoms with Crippen molar-refractivity contribution in [1.29, 1.82) is 0 Å². The lowest BCUT2D eigenvalue weighted by Gasteiger charge is -2.27. The van der Waals surface area contributed by atoms with Crippen molar-refractivity contribution < 1.29 is 9.00 Å². The van der Waals surface area contributed by atoms with E-state index in [9.17, 15) is 9.00 Å². The summed E-state index contributed by atoms with van der Waals surface area (Å²) in [6.07, 6.45) is 8.06. The zero-order valence-corrected chi connectivity index (χ0v) is 19.0. The molecule has 8 heteroatoms. The van der Waals surface area contributed by atoms with E-state index in [-0.39, 0.29) is 11.9 Å². The van der Waals surface area contributed by atoms with Gasteiger partial charge in [-0.25, -0.2) is 9.97 Å². The van der Waals surface area contributed by atoms with Crippen LogP contribution in [0.3, 0.4) is 0 Å². The average molecular weight is 458 g/mol. The number of amides is 1. The molecule has 166 valence electrons. The number of likely N-dealkylation sites (tertiary alicyclic amines) is 1. The van der Waals surface area contributed by atoms with Gasteiger partial charge in [-0.05, 0) is 24.1 Å². The fraction of sp³-hybridized carbons (Fsp3) is 0.240. The maximum Gasteiger partial charge on any atom is 0.254 e. The van der Waals surface area contributed by atoms with Gasteiger partial charge in [0.25, 0.3) is 5.91 Å². The molecule has 7 nitrogen and oxygen atoms in total. The molecule has 3 atom stereocenters. The van der Waals surface area contributed by atoms with Crippen LogP contribution >= 0.6 is 0 Å². The lowest BCUT2D eigenvalue weighted by Crippen LogP contribution is -2.46. The molecule has 2 aliphatic rings. The first kappa shape index (κ1) is 20.3. The van der Waals surface area contributed by atoms with Crippen LogP contribution in [0.25, 0.3) is 28.0 Å². The van der Waals surface area contributed by atoms with Crippen LogP contribution in [0.1, 0.15) is 16.8 Å². The predicted octanol–water partition coefficient (Wildman–Crippen LogP) is 3.01. The third kappa shape index (κ3) is 3.46. The second-order valence-corrected chi connectivity index (χ2v) is 9.99. The summed E-state index contributed by atoms with van der Waals surface area (Å²) in [6, 6.07) is 16.2. The number of aromatic nitrogens is 3. The van der Waals surface area contributed by atoms with Crippen molar-refractivity contribution in [3.05, 3.63) is 72.7 Å². The number of piperazine rings is 1. The van der Waals surface area contributed by atoms with Gasteiger partial charge in [-0.2, -0.15) is 0 Å². The molecule has 2 saturated heterocycles. The predicted molar refractivity (Wildman–Crippen MR) is 128 cm³/mol. The summed E-state index contributed by atoms with van der Waals surface area (Å²) < 4.78 is 14.3. The lowest BCUT2D eigenvalue weighted by molar-refractivity contribution is 0.0716. The standard InChI is InChI=1S/C25H23N5O2S/c1-33(32)23-15-30(25-27-11-18(12-28-25)16-5-3-2-4-6-16)22-9-17(7-8-21(22)23)24(31)29-14-19-10-20(29)13-26-19/h2-9,11-12,15,19-20,26H,10,13-14H2,1H3/t19-,20-,33?/m0/s1. The van der Waals surface area contributed by atoms with Crippen molar-refractivity contribution in [2.24, 2.45) is 0 Å². The zero-order valence-electron chi connectivity index (χ0n) is 18.1. The van der Waals surface area contributed by atoms with E-state index < -0.39 is 10.8 Å². The van der Waals surface area contributed by atoms with Crippen molar-refractivity contribution >= 4 is 27.6 Å². The number of benzene rings is 2. The summed E-state index contributed by atoms with van der Waals surface area (Å²) in [7, 11) is -1.19. The van der Waals surface area contributed by atoms with Crippen LogP contribution in [-0.2, 0) is 10.8 Å². The average Bonchev–Trinajstić information content (AvgIpc) is 3.58. The van der Waals surface area contributed by atoms with Crippen LogP contribution in [0.4, 0.5) is 0 Å². The number of rotatable bonds is 4. The molecule has 0 saturated carbocycles. The Morgan fingerprint density at radius 2 is 1.88 bits per heavy atom. The van der Waals surface area contributed by atoms with Crippen molar-refractivity contribution in [3.63, 3.8) is 0 Å². The van der Waals surface area contributed by atoms with Crippen LogP contribution in [0.15, 0.2) is 72.0 Å². The van der Waals surface area contributed by atoms with Gasteiger partial charge in [0.1, 0.15) is 0 Å². The van der Waals surface area contributed by atoms with Gasteiger partial charge in [0.15, 0.2) is 0 Å². The van der Waals surface area contributed by atoms with Gasteiger partial charge in [-0.1, -0.05) is 36.4 Å². The van der Waals surface area contributed by atoms with E-state index >= 15 is 0 Å². The van der Waals surface area contributed by atoms with Crippen molar-refractivity contribution in [1.82, 2.24) is 24.8 Å². The minimum absolute atomic E-state index is 0.0400. The Labute approximate surface area is 193 Å². The highest BCUT2D eigenvalue weighted by molar-refractivity contribution is 7.84. The van der Waals surface area contributed by atoms with E-state index in [2.05, 4.69) is 15.3 Å². The fourth-order valence-corrected chi connectivity index (χ4v) is 5.66. The molecule has 4 aromatic rings. The van der Waals surface area contributed by atoms with Gasteiger partial charge in [-0.3, -0.25) is 13.6 Å². The van der Waals surface area contributed by atoms with E-state index in [1.807, 2.05) is 64.2 Å². The first-order valence-electron chi connectivity index (χ1n) is 11.0. The van der Waals surface area contributed by atoms with E-state index in [0.29, 0.717) is 22.4 Å². The minimum atomic E-state index is -1.19. The third-order valence-corrected chi connectivity index (χ3v) is 7.55. The Hall–Kier alpha value is -3.36. The van der Waals surface area contributed by atoms with E-state index in [1.165, 1.54) is 0 Å². The Balaban J connectivity index is 1.41. The van der Waals surface area contributed by atoms with Gasteiger partial charge in [0.2, 0.25) is 5.95 Å². The second kappa shape index (κ2) is 7.90. The molecule has 2 aromatic carbocycles. The molecule has 6 rings (SSSR count). The first-order valence-corrected chi connectivity index (χ1v) is 12.5. The van der Waals surface area contributed by atoms with Crippen LogP contribution in [0, 0.1) is 0 Å². The summed E-state index contributed by atoms with van der Waals surface area (Å²) in [6.45, 7) is 1.60. The topological polar surface area (TPSA) is 80.1 Å². The fourth-order valence-electron chi connectivity index (χ4n) is 4.92. The molecule has 2 fully saturated rings. The third-order valence-electron chi connectivity index (χ3n) is 6.60. The zero-order chi connectivity index (χ0) is 22.5. The maximum atomic E-state index is 13.3. The van der Waals surface area contributed by atoms with Gasteiger partial charge in [-0.15, -0.1) is 0 Å². The molecule has 0 aliphatic carbocycles. The molecule has 2 aliphatic heterocycles. The normalized spacial score (nSPS) is 20.5. The molecule has 1 unspecified atom stereocenters. The highest BCUT2D eigenvalue weighted by atomic mass is 32.2. The van der Waals surface area contributed by atoms with Gasteiger partial charge in [0.05, 0.1) is 21.2 Å². The minimum Gasteiger partial charge on any atom is -0.333 e. The van der Waals surface area contributed by atoms with Crippen LogP contribution in [0.2, 0.25) is 0 Å². The van der Waals surface area contributed by atoms with E-state index in [4.69, 9.17) is 0 Å². The molecule has 33 heavy (non-hydrogen) atoms. The summed E-state index contributed by atoms with van der Waals surface area (Å²) >= 11 is 0. The number of carbonyl (C=O) groups excluding carboxylic acids is 1. The molecular weight excluding hydrogens is 434 g/mol. The number of nitrogens with zero attached hydrogens (tertiary/aromatic N) is 4. The van der Waals surface area contributed by atoms with Crippen LogP contribution in [-0.4, -0.2) is 61.0 Å². The molecule has 2 aromatic heterocycles. The summed E-state index contributed by atoms with van der Waals surface area (Å²) in [5, 5.41) is 4.28. The molecular formula is C25H23N5O2S. The van der Waals surface area contributed by atoms with Crippen molar-refractivity contribution in [3.8, 4) is 17.1 Å². The summed E-state index contributed by atoms with van der Waals surface area (Å²) in [5.74, 6) is 0.517. The molecule has 0 spiro atoms. The van der Waals surface area contributed by atoms with Gasteiger partial charge >= 0.3 is 0 Å². The molecule has 2 bridgehead atoms. The van der Waals surface area contributed by atoms with E-state index in [1.54, 1.807) is 18.6 Å². The smallest absolute Gasteiger partial charge is 0.254 e. The van der Waals surface area contributed by atoms with Crippen LogP contribution < -0.4 is 5.32 Å². The summed E-state index contributed by atoms with van der Waals surface area (Å²) in [4.78, 5) is 25.1. The SMILES string of the molecule is CS(=O)c1cn(-c2ncc(-c3ccccc3)cn2)c2cc(C(=O)N3C[C@@H]4C[C@H]3CN4)ccc12. The van der Waals surface area contributed by atoms with Gasteiger partial charge in [0, 0.05) is 66.5 Å². The number of hydrogen-bond acceptors (Lipinski definition) is 5. The van der Waals surface area contributed by atoms with E-state index in [0.717, 1.165) is 41.5 Å². The van der Waals surface area contributed by atoms with Gasteiger partial charge < -0.3 is 10.2 Å². The monoisotopic (exact) mass is 457 g/mol. The Kier molecular flexibility index (Phi) is 4.85. The number of fused-ring (bicyclic) bond motifs is 3. The van der Waals surface area contributed by atoms with Crippen molar-refractivity contribution in [2.45, 2.75) is 23.4 Å². The maximum absolute atomic E-state index is 13.3. The molecule has 4 heterocycles. The molecule has 1 amide bonds. The Bertz CT molecular complexity index is 1380. The summed E-state index contributed by atoms with van der Waals surface area (Å²) in [5.41, 5.74) is 3.37. The molecule has 0 radical (unpaired) electrons. The highest BCUT2D eigenvalue weighted by Gasteiger charge is 2.40. The Morgan fingerprint density at radius 1 is 1.09 bits per heavy atom. The largest absolute Gasteiger partial charge is 0.333 e. The number of carbonyl (C=O) groups is 1. The quantitative estimate of drug-likeness (QED) is 0.510. The van der Waals surface area contributed by atoms with Crippen molar-refractivity contribution in [2.75, 3.05) is 19.3 Å². The molecule has 1 N–H and O–H groups in total. The van der Waals surface area contributed by atoms with Crippen LogP contribution in [0.5, 0.6) is 0 Å².